The number of rotatable bonds is 2. The molecular formula is C21H20BrNO. The predicted octanol–water partition coefficient (Wildman–Crippen LogP) is 5.98. The predicted molar refractivity (Wildman–Crippen MR) is 102 cm³/mol. The maximum Gasteiger partial charge on any atom is 0.177 e. The van der Waals surface area contributed by atoms with Gasteiger partial charge in [0.25, 0.3) is 0 Å². The first-order valence-electron chi connectivity index (χ1n) is 8.33. The maximum atomic E-state index is 6.32. The topological polar surface area (TPSA) is 21.3 Å². The molecule has 3 heteroatoms. The Hall–Kier alpha value is -1.84. The zero-order valence-corrected chi connectivity index (χ0v) is 15.4. The van der Waals surface area contributed by atoms with Crippen molar-refractivity contribution >= 4 is 26.7 Å². The number of hydrogen-bond donors (Lipinski definition) is 1. The highest BCUT2D eigenvalue weighted by Gasteiger charge is 2.31. The van der Waals surface area contributed by atoms with Crippen LogP contribution in [0.3, 0.4) is 0 Å². The van der Waals surface area contributed by atoms with Gasteiger partial charge in [-0.3, -0.25) is 5.32 Å². The number of benzene rings is 3. The van der Waals surface area contributed by atoms with Crippen LogP contribution in [0.5, 0.6) is 5.75 Å². The van der Waals surface area contributed by atoms with E-state index in [4.69, 9.17) is 4.74 Å². The number of nitrogens with one attached hydrogen (secondary N) is 1. The van der Waals surface area contributed by atoms with Crippen LogP contribution in [0.1, 0.15) is 37.2 Å². The molecule has 24 heavy (non-hydrogen) atoms. The molecule has 0 aromatic heterocycles. The summed E-state index contributed by atoms with van der Waals surface area (Å²) >= 11 is 3.50. The Morgan fingerprint density at radius 1 is 0.958 bits per heavy atom. The van der Waals surface area contributed by atoms with Crippen LogP contribution in [-0.2, 0) is 0 Å². The Bertz CT molecular complexity index is 873. The van der Waals surface area contributed by atoms with Gasteiger partial charge in [-0.2, -0.15) is 0 Å². The summed E-state index contributed by atoms with van der Waals surface area (Å²) in [5.74, 6) is 1.45. The molecule has 122 valence electrons. The van der Waals surface area contributed by atoms with E-state index < -0.39 is 0 Å². The Kier molecular flexibility index (Phi) is 4.07. The molecule has 2 nitrogen and oxygen atoms in total. The van der Waals surface area contributed by atoms with Crippen LogP contribution in [0, 0.1) is 5.92 Å². The van der Waals surface area contributed by atoms with E-state index in [0.29, 0.717) is 5.92 Å². The van der Waals surface area contributed by atoms with Crippen LogP contribution in [0.25, 0.3) is 10.8 Å². The standard InChI is InChI=1S/C21H20BrNO/c1-13(2)20-19-17-6-4-3-5-14(17)9-12-18(19)24-21(23-20)15-7-10-16(22)11-8-15/h3-13,20-21,23H,1-2H3. The summed E-state index contributed by atoms with van der Waals surface area (Å²) in [7, 11) is 0. The molecule has 0 amide bonds. The minimum Gasteiger partial charge on any atom is -0.471 e. The third kappa shape index (κ3) is 2.72. The van der Waals surface area contributed by atoms with Gasteiger partial charge in [0.05, 0.1) is 0 Å². The minimum absolute atomic E-state index is 0.126. The Morgan fingerprint density at radius 2 is 1.71 bits per heavy atom. The molecule has 0 bridgehead atoms. The molecule has 2 atom stereocenters. The molecule has 1 aliphatic heterocycles. The molecular weight excluding hydrogens is 362 g/mol. The molecule has 1 aliphatic rings. The van der Waals surface area contributed by atoms with E-state index in [1.54, 1.807) is 0 Å². The second kappa shape index (κ2) is 6.23. The molecule has 3 aromatic carbocycles. The average Bonchev–Trinajstić information content (AvgIpc) is 2.61. The Morgan fingerprint density at radius 3 is 2.46 bits per heavy atom. The normalized spacial score (nSPS) is 20.0. The highest BCUT2D eigenvalue weighted by molar-refractivity contribution is 9.10. The van der Waals surface area contributed by atoms with Gasteiger partial charge in [-0.15, -0.1) is 0 Å². The van der Waals surface area contributed by atoms with Crippen LogP contribution >= 0.6 is 15.9 Å². The van der Waals surface area contributed by atoms with Gasteiger partial charge in [0, 0.05) is 21.6 Å². The van der Waals surface area contributed by atoms with E-state index in [1.165, 1.54) is 16.3 Å². The van der Waals surface area contributed by atoms with Crippen molar-refractivity contribution in [2.75, 3.05) is 0 Å². The molecule has 0 aliphatic carbocycles. The van der Waals surface area contributed by atoms with Crippen molar-refractivity contribution in [3.63, 3.8) is 0 Å². The van der Waals surface area contributed by atoms with E-state index in [-0.39, 0.29) is 12.3 Å². The van der Waals surface area contributed by atoms with Crippen LogP contribution in [-0.4, -0.2) is 0 Å². The van der Waals surface area contributed by atoms with Gasteiger partial charge >= 0.3 is 0 Å². The molecule has 0 spiro atoms. The SMILES string of the molecule is CC(C)C1NC(c2ccc(Br)cc2)Oc2ccc3ccccc3c21. The molecule has 4 rings (SSSR count). The summed E-state index contributed by atoms with van der Waals surface area (Å²) in [6.45, 7) is 4.51. The van der Waals surface area contributed by atoms with Crippen LogP contribution in [0.4, 0.5) is 0 Å². The fraction of sp³-hybridized carbons (Fsp3) is 0.238. The van der Waals surface area contributed by atoms with E-state index in [0.717, 1.165) is 15.8 Å². The van der Waals surface area contributed by atoms with Crippen molar-refractivity contribution in [3.8, 4) is 5.75 Å². The fourth-order valence-corrected chi connectivity index (χ4v) is 3.70. The number of fused-ring (bicyclic) bond motifs is 3. The Labute approximate surface area is 151 Å². The zero-order chi connectivity index (χ0) is 16.7. The first-order valence-corrected chi connectivity index (χ1v) is 9.12. The van der Waals surface area contributed by atoms with Gasteiger partial charge in [-0.25, -0.2) is 0 Å². The van der Waals surface area contributed by atoms with Gasteiger partial charge in [0.2, 0.25) is 0 Å². The quantitative estimate of drug-likeness (QED) is 0.589. The summed E-state index contributed by atoms with van der Waals surface area (Å²) in [6, 6.07) is 21.4. The van der Waals surface area contributed by atoms with Crippen molar-refractivity contribution in [1.82, 2.24) is 5.32 Å². The highest BCUT2D eigenvalue weighted by Crippen LogP contribution is 2.42. The lowest BCUT2D eigenvalue weighted by molar-refractivity contribution is 0.111. The van der Waals surface area contributed by atoms with Gasteiger partial charge in [-0.1, -0.05) is 72.2 Å². The van der Waals surface area contributed by atoms with Crippen molar-refractivity contribution in [3.05, 3.63) is 76.3 Å². The first-order chi connectivity index (χ1) is 11.6. The summed E-state index contributed by atoms with van der Waals surface area (Å²) in [5.41, 5.74) is 2.42. The van der Waals surface area contributed by atoms with E-state index >= 15 is 0 Å². The molecule has 0 saturated carbocycles. The summed E-state index contributed by atoms with van der Waals surface area (Å²) in [5, 5.41) is 6.23. The molecule has 1 heterocycles. The second-order valence-electron chi connectivity index (χ2n) is 6.64. The lowest BCUT2D eigenvalue weighted by atomic mass is 9.89. The van der Waals surface area contributed by atoms with Crippen molar-refractivity contribution in [1.29, 1.82) is 0 Å². The van der Waals surface area contributed by atoms with Gasteiger partial charge in [0.15, 0.2) is 6.23 Å². The van der Waals surface area contributed by atoms with Gasteiger partial charge < -0.3 is 4.74 Å². The summed E-state index contributed by atoms with van der Waals surface area (Å²) < 4.78 is 7.40. The van der Waals surface area contributed by atoms with Gasteiger partial charge in [-0.05, 0) is 34.9 Å². The third-order valence-electron chi connectivity index (χ3n) is 4.66. The monoisotopic (exact) mass is 381 g/mol. The smallest absolute Gasteiger partial charge is 0.177 e. The van der Waals surface area contributed by atoms with Gasteiger partial charge in [0.1, 0.15) is 5.75 Å². The maximum absolute atomic E-state index is 6.32. The van der Waals surface area contributed by atoms with E-state index in [1.807, 2.05) is 0 Å². The average molecular weight is 382 g/mol. The molecule has 0 fully saturated rings. The molecule has 0 radical (unpaired) electrons. The van der Waals surface area contributed by atoms with Crippen LogP contribution in [0.2, 0.25) is 0 Å². The molecule has 2 unspecified atom stereocenters. The van der Waals surface area contributed by atoms with E-state index in [9.17, 15) is 0 Å². The van der Waals surface area contributed by atoms with Crippen molar-refractivity contribution in [2.45, 2.75) is 26.1 Å². The van der Waals surface area contributed by atoms with Crippen LogP contribution in [0.15, 0.2) is 65.1 Å². The minimum atomic E-state index is -0.126. The lowest BCUT2D eigenvalue weighted by Crippen LogP contribution is -2.37. The largest absolute Gasteiger partial charge is 0.471 e. The number of hydrogen-bond acceptors (Lipinski definition) is 2. The number of ether oxygens (including phenoxy) is 1. The summed E-state index contributed by atoms with van der Waals surface area (Å²) in [6.07, 6.45) is -0.126. The molecule has 3 aromatic rings. The Balaban J connectivity index is 1.82. The third-order valence-corrected chi connectivity index (χ3v) is 5.19. The highest BCUT2D eigenvalue weighted by atomic mass is 79.9. The van der Waals surface area contributed by atoms with Crippen molar-refractivity contribution in [2.24, 2.45) is 5.92 Å². The van der Waals surface area contributed by atoms with E-state index in [2.05, 4.69) is 95.8 Å². The summed E-state index contributed by atoms with van der Waals surface area (Å²) in [4.78, 5) is 0. The molecule has 0 saturated heterocycles. The lowest BCUT2D eigenvalue weighted by Gasteiger charge is -2.36. The molecule has 1 N–H and O–H groups in total. The van der Waals surface area contributed by atoms with Crippen molar-refractivity contribution < 1.29 is 4.74 Å². The fourth-order valence-electron chi connectivity index (χ4n) is 3.43. The first kappa shape index (κ1) is 15.7. The van der Waals surface area contributed by atoms with Crippen LogP contribution < -0.4 is 10.1 Å². The zero-order valence-electron chi connectivity index (χ0n) is 13.8. The number of halogens is 1. The second-order valence-corrected chi connectivity index (χ2v) is 7.55.